The van der Waals surface area contributed by atoms with Gasteiger partial charge in [0.15, 0.2) is 11.0 Å². The van der Waals surface area contributed by atoms with E-state index in [4.69, 9.17) is 20.8 Å². The Morgan fingerprint density at radius 3 is 2.40 bits per heavy atom. The molecule has 2 aromatic rings. The summed E-state index contributed by atoms with van der Waals surface area (Å²) in [6.45, 7) is 1.25. The molecule has 25 heavy (non-hydrogen) atoms. The summed E-state index contributed by atoms with van der Waals surface area (Å²) in [5.41, 5.74) is 1.19. The van der Waals surface area contributed by atoms with Crippen molar-refractivity contribution in [2.75, 3.05) is 23.8 Å². The maximum atomic E-state index is 11.9. The number of carbonyl (C=O) groups excluding carboxylic acids is 2. The molecule has 0 aliphatic carbocycles. The summed E-state index contributed by atoms with van der Waals surface area (Å²) >= 11 is 5.64. The topological polar surface area (TPSA) is 92.6 Å². The minimum atomic E-state index is -0.401. The van der Waals surface area contributed by atoms with E-state index < -0.39 is 5.91 Å². The maximum Gasteiger partial charge on any atom is 0.319 e. The van der Waals surface area contributed by atoms with Crippen molar-refractivity contribution >= 4 is 34.9 Å². The monoisotopic (exact) mass is 363 g/mol. The van der Waals surface area contributed by atoms with Gasteiger partial charge in [-0.05, 0) is 60.8 Å². The van der Waals surface area contributed by atoms with E-state index in [0.717, 1.165) is 19.4 Å². The molecule has 132 valence electrons. The zero-order valence-electron chi connectivity index (χ0n) is 13.4. The highest BCUT2D eigenvalue weighted by Gasteiger charge is 2.16. The average molecular weight is 364 g/mol. The molecule has 0 radical (unpaired) electrons. The summed E-state index contributed by atoms with van der Waals surface area (Å²) in [4.78, 5) is 23.8. The number of carbonyl (C=O) groups is 2. The lowest BCUT2D eigenvalue weighted by Gasteiger charge is -2.12. The lowest BCUT2D eigenvalue weighted by molar-refractivity contribution is 0.0996. The van der Waals surface area contributed by atoms with Crippen LogP contribution in [-0.4, -0.2) is 31.2 Å². The van der Waals surface area contributed by atoms with E-state index in [1.807, 2.05) is 0 Å². The number of furan rings is 1. The molecule has 1 aliphatic heterocycles. The van der Waals surface area contributed by atoms with Crippen molar-refractivity contribution in [2.24, 2.45) is 0 Å². The lowest BCUT2D eigenvalue weighted by Crippen LogP contribution is -2.35. The minimum Gasteiger partial charge on any atom is -0.440 e. The van der Waals surface area contributed by atoms with Crippen LogP contribution in [0.2, 0.25) is 5.22 Å². The fraction of sp³-hybridized carbons (Fsp3) is 0.294. The van der Waals surface area contributed by atoms with E-state index >= 15 is 0 Å². The number of anilines is 2. The van der Waals surface area contributed by atoms with Gasteiger partial charge in [-0.15, -0.1) is 0 Å². The molecule has 1 fully saturated rings. The summed E-state index contributed by atoms with van der Waals surface area (Å²) in [6, 6.07) is 9.44. The van der Waals surface area contributed by atoms with Crippen molar-refractivity contribution in [1.82, 2.24) is 5.32 Å². The third-order valence-electron chi connectivity index (χ3n) is 3.71. The van der Waals surface area contributed by atoms with Gasteiger partial charge in [0, 0.05) is 24.5 Å². The fourth-order valence-corrected chi connectivity index (χ4v) is 2.60. The first-order chi connectivity index (χ1) is 12.1. The van der Waals surface area contributed by atoms with Crippen LogP contribution in [0, 0.1) is 0 Å². The highest BCUT2D eigenvalue weighted by atomic mass is 35.5. The number of amides is 3. The molecule has 2 heterocycles. The van der Waals surface area contributed by atoms with Crippen molar-refractivity contribution < 1.29 is 18.7 Å². The number of halogens is 1. The number of urea groups is 1. The molecule has 1 aromatic heterocycles. The molecule has 3 N–H and O–H groups in total. The van der Waals surface area contributed by atoms with Crippen LogP contribution in [0.5, 0.6) is 0 Å². The standard InChI is InChI=1S/C17H18ClN3O4/c18-15-8-7-14(25-15)16(22)20-11-3-5-12(6-4-11)21-17(23)19-10-13-2-1-9-24-13/h3-8,13H,1-2,9-10H2,(H,20,22)(H2,19,21,23). The van der Waals surface area contributed by atoms with E-state index in [9.17, 15) is 9.59 Å². The third kappa shape index (κ3) is 4.98. The predicted octanol–water partition coefficient (Wildman–Crippen LogP) is 3.49. The minimum absolute atomic E-state index is 0.0958. The summed E-state index contributed by atoms with van der Waals surface area (Å²) in [6.07, 6.45) is 2.10. The largest absolute Gasteiger partial charge is 0.440 e. The molecule has 1 aliphatic rings. The Labute approximate surface area is 149 Å². The van der Waals surface area contributed by atoms with Gasteiger partial charge < -0.3 is 25.1 Å². The molecule has 0 bridgehead atoms. The molecule has 1 atom stereocenters. The lowest BCUT2D eigenvalue weighted by atomic mass is 10.2. The Balaban J connectivity index is 1.48. The fourth-order valence-electron chi connectivity index (χ4n) is 2.45. The van der Waals surface area contributed by atoms with Crippen LogP contribution in [0.15, 0.2) is 40.8 Å². The average Bonchev–Trinajstić information content (AvgIpc) is 3.26. The molecule has 1 unspecified atom stereocenters. The van der Waals surface area contributed by atoms with E-state index in [2.05, 4.69) is 16.0 Å². The first kappa shape index (κ1) is 17.3. The first-order valence-corrected chi connectivity index (χ1v) is 8.31. The van der Waals surface area contributed by atoms with Crippen molar-refractivity contribution in [3.05, 3.63) is 47.4 Å². The number of ether oxygens (including phenoxy) is 1. The second-order valence-electron chi connectivity index (χ2n) is 5.61. The molecule has 1 aromatic carbocycles. The van der Waals surface area contributed by atoms with E-state index in [-0.39, 0.29) is 23.1 Å². The Morgan fingerprint density at radius 1 is 1.08 bits per heavy atom. The van der Waals surface area contributed by atoms with Gasteiger partial charge in [-0.1, -0.05) is 0 Å². The van der Waals surface area contributed by atoms with Crippen LogP contribution >= 0.6 is 11.6 Å². The smallest absolute Gasteiger partial charge is 0.319 e. The van der Waals surface area contributed by atoms with Crippen molar-refractivity contribution in [2.45, 2.75) is 18.9 Å². The molecule has 0 spiro atoms. The second kappa shape index (κ2) is 8.04. The number of hydrogen-bond donors (Lipinski definition) is 3. The van der Waals surface area contributed by atoms with Gasteiger partial charge in [-0.25, -0.2) is 4.79 Å². The number of hydrogen-bond acceptors (Lipinski definition) is 4. The summed E-state index contributed by atoms with van der Waals surface area (Å²) in [7, 11) is 0. The van der Waals surface area contributed by atoms with Gasteiger partial charge in [0.2, 0.25) is 0 Å². The zero-order valence-corrected chi connectivity index (χ0v) is 14.1. The van der Waals surface area contributed by atoms with Gasteiger partial charge in [0.05, 0.1) is 6.10 Å². The summed E-state index contributed by atoms with van der Waals surface area (Å²) in [5.74, 6) is -0.275. The van der Waals surface area contributed by atoms with Crippen LogP contribution in [-0.2, 0) is 4.74 Å². The Hall–Kier alpha value is -2.51. The summed E-state index contributed by atoms with van der Waals surface area (Å²) < 4.78 is 10.5. The molecule has 3 rings (SSSR count). The second-order valence-corrected chi connectivity index (χ2v) is 5.98. The van der Waals surface area contributed by atoms with E-state index in [1.165, 1.54) is 12.1 Å². The van der Waals surface area contributed by atoms with Crippen LogP contribution in [0.4, 0.5) is 16.2 Å². The highest BCUT2D eigenvalue weighted by Crippen LogP contribution is 2.17. The van der Waals surface area contributed by atoms with Crippen LogP contribution in [0.25, 0.3) is 0 Å². The van der Waals surface area contributed by atoms with Gasteiger partial charge in [0.25, 0.3) is 5.91 Å². The molecule has 1 saturated heterocycles. The number of benzene rings is 1. The molecular weight excluding hydrogens is 346 g/mol. The van der Waals surface area contributed by atoms with Crippen LogP contribution < -0.4 is 16.0 Å². The van der Waals surface area contributed by atoms with E-state index in [1.54, 1.807) is 24.3 Å². The van der Waals surface area contributed by atoms with Gasteiger partial charge >= 0.3 is 6.03 Å². The van der Waals surface area contributed by atoms with Crippen molar-refractivity contribution in [1.29, 1.82) is 0 Å². The Kier molecular flexibility index (Phi) is 5.57. The van der Waals surface area contributed by atoms with Gasteiger partial charge in [-0.2, -0.15) is 0 Å². The number of nitrogens with one attached hydrogen (secondary N) is 3. The third-order valence-corrected chi connectivity index (χ3v) is 3.92. The van der Waals surface area contributed by atoms with Crippen molar-refractivity contribution in [3.8, 4) is 0 Å². The normalized spacial score (nSPS) is 16.4. The molecular formula is C17H18ClN3O4. The molecule has 0 saturated carbocycles. The molecule has 8 heteroatoms. The summed E-state index contributed by atoms with van der Waals surface area (Å²) in [5, 5.41) is 8.33. The Morgan fingerprint density at radius 2 is 1.80 bits per heavy atom. The van der Waals surface area contributed by atoms with Gasteiger partial charge in [-0.3, -0.25) is 4.79 Å². The van der Waals surface area contributed by atoms with E-state index in [0.29, 0.717) is 17.9 Å². The highest BCUT2D eigenvalue weighted by molar-refractivity contribution is 6.29. The van der Waals surface area contributed by atoms with Crippen LogP contribution in [0.1, 0.15) is 23.4 Å². The first-order valence-electron chi connectivity index (χ1n) is 7.93. The predicted molar refractivity (Wildman–Crippen MR) is 94.1 cm³/mol. The maximum absolute atomic E-state index is 11.9. The molecule has 3 amide bonds. The van der Waals surface area contributed by atoms with Crippen LogP contribution in [0.3, 0.4) is 0 Å². The number of rotatable bonds is 5. The zero-order chi connectivity index (χ0) is 17.6. The SMILES string of the molecule is O=C(NCC1CCCO1)Nc1ccc(NC(=O)c2ccc(Cl)o2)cc1. The van der Waals surface area contributed by atoms with Gasteiger partial charge in [0.1, 0.15) is 0 Å². The van der Waals surface area contributed by atoms with Crippen molar-refractivity contribution in [3.63, 3.8) is 0 Å². The Bertz CT molecular complexity index is 739. The molecule has 7 nitrogen and oxygen atoms in total. The quantitative estimate of drug-likeness (QED) is 0.758.